The Balaban J connectivity index is 0.00000256. The maximum absolute atomic E-state index is 12.2. The van der Waals surface area contributed by atoms with Gasteiger partial charge in [0.15, 0.2) is 0 Å². The van der Waals surface area contributed by atoms with Crippen molar-refractivity contribution >= 4 is 18.3 Å². The largest absolute Gasteiger partial charge is 0.489 e. The van der Waals surface area contributed by atoms with Crippen LogP contribution in [0, 0.1) is 0 Å². The lowest BCUT2D eigenvalue weighted by Gasteiger charge is -2.07. The van der Waals surface area contributed by atoms with Crippen LogP contribution in [0.2, 0.25) is 0 Å². The molecule has 1 amide bonds. The van der Waals surface area contributed by atoms with Gasteiger partial charge in [-0.15, -0.1) is 12.4 Å². The minimum Gasteiger partial charge on any atom is -0.489 e. The van der Waals surface area contributed by atoms with Gasteiger partial charge in [0.05, 0.1) is 6.33 Å². The molecule has 5 heteroatoms. The van der Waals surface area contributed by atoms with Gasteiger partial charge in [0.2, 0.25) is 5.91 Å². The van der Waals surface area contributed by atoms with Crippen molar-refractivity contribution in [2.45, 2.75) is 13.3 Å². The molecule has 0 fully saturated rings. The molecule has 0 aliphatic heterocycles. The number of primary amides is 1. The van der Waals surface area contributed by atoms with E-state index in [0.29, 0.717) is 29.6 Å². The minimum atomic E-state index is -0.482. The molecule has 2 N–H and O–H groups in total. The number of carbonyl (C=O) groups excluding carboxylic acids is 1. The first-order chi connectivity index (χ1) is 7.67. The van der Waals surface area contributed by atoms with Crippen LogP contribution >= 0.6 is 12.4 Å². The van der Waals surface area contributed by atoms with Gasteiger partial charge in [-0.1, -0.05) is 6.92 Å². The summed E-state index contributed by atoms with van der Waals surface area (Å²) in [7, 11) is 0. The van der Waals surface area contributed by atoms with Gasteiger partial charge in [-0.3, -0.25) is 4.79 Å². The van der Waals surface area contributed by atoms with E-state index in [1.54, 1.807) is 24.3 Å². The minimum absolute atomic E-state index is 0. The van der Waals surface area contributed by atoms with Crippen LogP contribution in [0.25, 0.3) is 0 Å². The van der Waals surface area contributed by atoms with Gasteiger partial charge >= 0.3 is 0 Å². The molecule has 1 aromatic rings. The van der Waals surface area contributed by atoms with E-state index < -0.39 is 5.91 Å². The first-order valence-electron chi connectivity index (χ1n) is 4.98. The highest BCUT2D eigenvalue weighted by molar-refractivity contribution is 5.92. The number of benzene rings is 1. The lowest BCUT2D eigenvalue weighted by molar-refractivity contribution is 0.100. The third-order valence-corrected chi connectivity index (χ3v) is 2.17. The van der Waals surface area contributed by atoms with Crippen LogP contribution in [-0.4, -0.2) is 12.5 Å². The van der Waals surface area contributed by atoms with Gasteiger partial charge in [0, 0.05) is 5.56 Å². The van der Waals surface area contributed by atoms with Gasteiger partial charge in [-0.05, 0) is 36.3 Å². The molecule has 0 atom stereocenters. The number of nitrogens with two attached hydrogens (primary N) is 1. The summed E-state index contributed by atoms with van der Waals surface area (Å²) in [6, 6.07) is 6.40. The number of carbonyl (C=O) groups is 1. The monoisotopic (exact) mass is 259 g/mol. The van der Waals surface area contributed by atoms with Gasteiger partial charge in [0.1, 0.15) is 12.4 Å². The number of hydrogen-bond donors (Lipinski definition) is 1. The fourth-order valence-corrected chi connectivity index (χ4v) is 1.10. The normalized spacial score (nSPS) is 10.6. The summed E-state index contributed by atoms with van der Waals surface area (Å²) >= 11 is 0. The molecule has 0 saturated carbocycles. The van der Waals surface area contributed by atoms with Crippen LogP contribution < -0.4 is 10.5 Å². The van der Waals surface area contributed by atoms with Gasteiger partial charge in [0.25, 0.3) is 0 Å². The molecule has 0 spiro atoms. The smallest absolute Gasteiger partial charge is 0.248 e. The zero-order valence-electron chi connectivity index (χ0n) is 9.48. The summed E-state index contributed by atoms with van der Waals surface area (Å²) < 4.78 is 17.6. The average molecular weight is 260 g/mol. The maximum atomic E-state index is 12.2. The molecule has 0 bridgehead atoms. The molecule has 3 nitrogen and oxygen atoms in total. The lowest BCUT2D eigenvalue weighted by atomic mass is 10.2. The summed E-state index contributed by atoms with van der Waals surface area (Å²) in [4.78, 5) is 10.8. The summed E-state index contributed by atoms with van der Waals surface area (Å²) in [6.07, 6.45) is 1.16. The third kappa shape index (κ3) is 4.87. The zero-order valence-corrected chi connectivity index (χ0v) is 10.3. The van der Waals surface area contributed by atoms with E-state index in [1.165, 1.54) is 0 Å². The van der Waals surface area contributed by atoms with Crippen molar-refractivity contribution < 1.29 is 13.9 Å². The topological polar surface area (TPSA) is 52.3 Å². The second-order valence-corrected chi connectivity index (χ2v) is 3.30. The number of amides is 1. The average Bonchev–Trinajstić information content (AvgIpc) is 2.31. The molecular formula is C12H15ClFNO2. The van der Waals surface area contributed by atoms with E-state index in [0.717, 1.165) is 0 Å². The summed E-state index contributed by atoms with van der Waals surface area (Å²) in [5, 5.41) is 0. The van der Waals surface area contributed by atoms with Crippen LogP contribution in [-0.2, 0) is 0 Å². The summed E-state index contributed by atoms with van der Waals surface area (Å²) in [6.45, 7) is 2.06. The molecule has 94 valence electrons. The van der Waals surface area contributed by atoms with E-state index in [1.807, 2.05) is 6.92 Å². The van der Waals surface area contributed by atoms with E-state index in [4.69, 9.17) is 10.5 Å². The molecule has 0 saturated heterocycles. The Labute approximate surface area is 106 Å². The molecule has 0 unspecified atom stereocenters. The van der Waals surface area contributed by atoms with E-state index in [-0.39, 0.29) is 19.0 Å². The Hall–Kier alpha value is -1.55. The van der Waals surface area contributed by atoms with Crippen LogP contribution in [0.15, 0.2) is 36.2 Å². The van der Waals surface area contributed by atoms with Crippen LogP contribution in [0.5, 0.6) is 5.75 Å². The Morgan fingerprint density at radius 2 is 2.00 bits per heavy atom. The fraction of sp³-hybridized carbons (Fsp3) is 0.250. The summed E-state index contributed by atoms with van der Waals surface area (Å²) in [5.74, 6) is 0.0993. The van der Waals surface area contributed by atoms with Crippen molar-refractivity contribution in [2.24, 2.45) is 5.73 Å². The third-order valence-electron chi connectivity index (χ3n) is 2.17. The van der Waals surface area contributed by atoms with Crippen molar-refractivity contribution in [2.75, 3.05) is 6.61 Å². The Morgan fingerprint density at radius 3 is 2.41 bits per heavy atom. The standard InChI is InChI=1S/C12H14FNO2.ClH/c1-2-9(7-13)8-16-11-5-3-10(4-6-11)12(14)15;/h3-7H,2,8H2,1H3,(H2,14,15);1H/b9-7-;. The quantitative estimate of drug-likeness (QED) is 0.884. The first kappa shape index (κ1) is 15.4. The Kier molecular flexibility index (Phi) is 6.98. The van der Waals surface area contributed by atoms with Gasteiger partial charge in [-0.25, -0.2) is 4.39 Å². The highest BCUT2D eigenvalue weighted by Gasteiger charge is 2.01. The number of halogens is 2. The SMILES string of the molecule is CC/C(=C/F)COc1ccc(C(N)=O)cc1.Cl. The zero-order chi connectivity index (χ0) is 12.0. The molecule has 17 heavy (non-hydrogen) atoms. The van der Waals surface area contributed by atoms with Crippen molar-refractivity contribution in [3.63, 3.8) is 0 Å². The van der Waals surface area contributed by atoms with Gasteiger partial charge < -0.3 is 10.5 Å². The van der Waals surface area contributed by atoms with E-state index >= 15 is 0 Å². The Bertz CT molecular complexity index is 390. The Morgan fingerprint density at radius 1 is 1.41 bits per heavy atom. The molecule has 0 aromatic heterocycles. The van der Waals surface area contributed by atoms with Crippen molar-refractivity contribution in [1.29, 1.82) is 0 Å². The first-order valence-corrected chi connectivity index (χ1v) is 4.98. The molecular weight excluding hydrogens is 245 g/mol. The van der Waals surface area contributed by atoms with Gasteiger partial charge in [-0.2, -0.15) is 0 Å². The molecule has 0 aliphatic carbocycles. The van der Waals surface area contributed by atoms with Crippen molar-refractivity contribution in [3.05, 3.63) is 41.7 Å². The molecule has 1 aromatic carbocycles. The van der Waals surface area contributed by atoms with Crippen LogP contribution in [0.3, 0.4) is 0 Å². The van der Waals surface area contributed by atoms with E-state index in [9.17, 15) is 9.18 Å². The summed E-state index contributed by atoms with van der Waals surface area (Å²) in [5.41, 5.74) is 6.09. The number of rotatable bonds is 5. The van der Waals surface area contributed by atoms with Crippen LogP contribution in [0.4, 0.5) is 4.39 Å². The number of hydrogen-bond acceptors (Lipinski definition) is 2. The predicted molar refractivity (Wildman–Crippen MR) is 67.2 cm³/mol. The second-order valence-electron chi connectivity index (χ2n) is 3.30. The van der Waals surface area contributed by atoms with Crippen LogP contribution in [0.1, 0.15) is 23.7 Å². The molecule has 0 aliphatic rings. The highest BCUT2D eigenvalue weighted by atomic mass is 35.5. The number of ether oxygens (including phenoxy) is 1. The molecule has 0 radical (unpaired) electrons. The van der Waals surface area contributed by atoms with Crippen molar-refractivity contribution in [1.82, 2.24) is 0 Å². The molecule has 1 rings (SSSR count). The maximum Gasteiger partial charge on any atom is 0.248 e. The fourth-order valence-electron chi connectivity index (χ4n) is 1.10. The lowest BCUT2D eigenvalue weighted by Crippen LogP contribution is -2.10. The predicted octanol–water partition coefficient (Wildman–Crippen LogP) is 2.85. The highest BCUT2D eigenvalue weighted by Crippen LogP contribution is 2.13. The second kappa shape index (κ2) is 7.68. The van der Waals surface area contributed by atoms with Crippen molar-refractivity contribution in [3.8, 4) is 5.75 Å². The molecule has 0 heterocycles. The van der Waals surface area contributed by atoms with E-state index in [2.05, 4.69) is 0 Å².